The van der Waals surface area contributed by atoms with E-state index in [4.69, 9.17) is 5.11 Å². The quantitative estimate of drug-likeness (QED) is 0.626. The van der Waals surface area contributed by atoms with Crippen molar-refractivity contribution in [1.82, 2.24) is 9.80 Å². The van der Waals surface area contributed by atoms with Crippen LogP contribution < -0.4 is 0 Å². The molecule has 1 aliphatic rings. The molecule has 1 N–H and O–H groups in total. The molecule has 0 unspecified atom stereocenters. The molecule has 0 amide bonds. The molecule has 0 atom stereocenters. The smallest absolute Gasteiger partial charge is 0.304 e. The third-order valence-corrected chi connectivity index (χ3v) is 3.66. The molecular weight excluding hydrogens is 274 g/mol. The molecule has 0 bridgehead atoms. The Bertz CT molecular complexity index is 495. The van der Waals surface area contributed by atoms with Crippen LogP contribution in [-0.4, -0.2) is 58.5 Å². The predicted molar refractivity (Wildman–Crippen MR) is 77.1 cm³/mol. The number of nitro benzene ring substituents is 1. The Labute approximate surface area is 122 Å². The van der Waals surface area contributed by atoms with Crippen LogP contribution in [0.25, 0.3) is 0 Å². The van der Waals surface area contributed by atoms with E-state index in [0.29, 0.717) is 6.54 Å². The summed E-state index contributed by atoms with van der Waals surface area (Å²) in [5.74, 6) is -0.761. The number of non-ortho nitro benzene ring substituents is 1. The van der Waals surface area contributed by atoms with Gasteiger partial charge in [-0.2, -0.15) is 0 Å². The molecule has 1 aromatic rings. The lowest BCUT2D eigenvalue weighted by molar-refractivity contribution is -0.384. The second-order valence-corrected chi connectivity index (χ2v) is 5.19. The Morgan fingerprint density at radius 1 is 1.14 bits per heavy atom. The average molecular weight is 293 g/mol. The van der Waals surface area contributed by atoms with Crippen molar-refractivity contribution < 1.29 is 14.8 Å². The lowest BCUT2D eigenvalue weighted by Crippen LogP contribution is -2.46. The number of hydrogen-bond donors (Lipinski definition) is 1. The summed E-state index contributed by atoms with van der Waals surface area (Å²) in [6, 6.07) is 6.63. The summed E-state index contributed by atoms with van der Waals surface area (Å²) < 4.78 is 0. The van der Waals surface area contributed by atoms with Gasteiger partial charge in [0.15, 0.2) is 0 Å². The number of benzene rings is 1. The molecule has 0 aliphatic carbocycles. The highest BCUT2D eigenvalue weighted by Crippen LogP contribution is 2.14. The summed E-state index contributed by atoms with van der Waals surface area (Å²) in [5, 5.41) is 19.3. The van der Waals surface area contributed by atoms with Gasteiger partial charge < -0.3 is 10.0 Å². The van der Waals surface area contributed by atoms with Crippen molar-refractivity contribution in [3.05, 3.63) is 39.9 Å². The monoisotopic (exact) mass is 293 g/mol. The zero-order valence-corrected chi connectivity index (χ0v) is 11.8. The lowest BCUT2D eigenvalue weighted by atomic mass is 10.2. The fraction of sp³-hybridized carbons (Fsp3) is 0.500. The highest BCUT2D eigenvalue weighted by atomic mass is 16.6. The molecule has 7 heteroatoms. The van der Waals surface area contributed by atoms with Crippen molar-refractivity contribution in [2.45, 2.75) is 13.0 Å². The first-order chi connectivity index (χ1) is 10.0. The molecule has 1 fully saturated rings. The first-order valence-electron chi connectivity index (χ1n) is 6.94. The number of carboxylic acid groups (broad SMARTS) is 1. The highest BCUT2D eigenvalue weighted by molar-refractivity contribution is 5.66. The SMILES string of the molecule is O=C(O)CCN1CCN(Cc2ccc([N+](=O)[O-])cc2)CC1. The Kier molecular flexibility index (Phi) is 5.24. The summed E-state index contributed by atoms with van der Waals surface area (Å²) in [6.45, 7) is 4.86. The largest absolute Gasteiger partial charge is 0.481 e. The van der Waals surface area contributed by atoms with Gasteiger partial charge >= 0.3 is 5.97 Å². The van der Waals surface area contributed by atoms with Crippen molar-refractivity contribution >= 4 is 11.7 Å². The molecule has 7 nitrogen and oxygen atoms in total. The van der Waals surface area contributed by atoms with Gasteiger partial charge in [0.2, 0.25) is 0 Å². The van der Waals surface area contributed by atoms with Crippen LogP contribution in [0.2, 0.25) is 0 Å². The first kappa shape index (κ1) is 15.4. The second-order valence-electron chi connectivity index (χ2n) is 5.19. The van der Waals surface area contributed by atoms with Gasteiger partial charge in [0, 0.05) is 51.4 Å². The molecule has 0 saturated carbocycles. The lowest BCUT2D eigenvalue weighted by Gasteiger charge is -2.34. The van der Waals surface area contributed by atoms with Crippen LogP contribution in [0.3, 0.4) is 0 Å². The van der Waals surface area contributed by atoms with Gasteiger partial charge in [0.1, 0.15) is 0 Å². The molecule has 21 heavy (non-hydrogen) atoms. The molecule has 1 aliphatic heterocycles. The molecule has 0 radical (unpaired) electrons. The third-order valence-electron chi connectivity index (χ3n) is 3.66. The van der Waals surface area contributed by atoms with E-state index in [0.717, 1.165) is 38.3 Å². The summed E-state index contributed by atoms with van der Waals surface area (Å²) >= 11 is 0. The molecule has 0 spiro atoms. The number of carbonyl (C=O) groups is 1. The van der Waals surface area contributed by atoms with Crippen LogP contribution in [0.1, 0.15) is 12.0 Å². The number of rotatable bonds is 6. The van der Waals surface area contributed by atoms with Crippen molar-refractivity contribution in [1.29, 1.82) is 0 Å². The Morgan fingerprint density at radius 3 is 2.24 bits per heavy atom. The average Bonchev–Trinajstić information content (AvgIpc) is 2.47. The van der Waals surface area contributed by atoms with E-state index in [1.165, 1.54) is 12.1 Å². The molecule has 2 rings (SSSR count). The van der Waals surface area contributed by atoms with Crippen LogP contribution in [0.5, 0.6) is 0 Å². The van der Waals surface area contributed by atoms with Gasteiger partial charge in [-0.15, -0.1) is 0 Å². The van der Waals surface area contributed by atoms with E-state index >= 15 is 0 Å². The first-order valence-corrected chi connectivity index (χ1v) is 6.94. The maximum absolute atomic E-state index is 10.6. The minimum Gasteiger partial charge on any atom is -0.481 e. The standard InChI is InChI=1S/C14H19N3O4/c18-14(19)5-6-15-7-9-16(10-8-15)11-12-1-3-13(4-2-12)17(20)21/h1-4H,5-11H2,(H,18,19). The van der Waals surface area contributed by atoms with E-state index in [2.05, 4.69) is 9.80 Å². The van der Waals surface area contributed by atoms with Crippen molar-refractivity contribution in [2.75, 3.05) is 32.7 Å². The number of nitrogens with zero attached hydrogens (tertiary/aromatic N) is 3. The predicted octanol–water partition coefficient (Wildman–Crippen LogP) is 1.19. The summed E-state index contributed by atoms with van der Waals surface area (Å²) in [5.41, 5.74) is 1.16. The second kappa shape index (κ2) is 7.14. The Morgan fingerprint density at radius 2 is 1.71 bits per heavy atom. The zero-order chi connectivity index (χ0) is 15.2. The number of aliphatic carboxylic acids is 1. The molecule has 1 aromatic carbocycles. The minimum absolute atomic E-state index is 0.109. The Hall–Kier alpha value is -1.99. The summed E-state index contributed by atoms with van der Waals surface area (Å²) in [7, 11) is 0. The minimum atomic E-state index is -0.761. The van der Waals surface area contributed by atoms with E-state index in [9.17, 15) is 14.9 Å². The summed E-state index contributed by atoms with van der Waals surface area (Å²) in [6.07, 6.45) is 0.183. The van der Waals surface area contributed by atoms with Crippen LogP contribution in [-0.2, 0) is 11.3 Å². The molecule has 114 valence electrons. The van der Waals surface area contributed by atoms with E-state index in [1.807, 2.05) is 0 Å². The van der Waals surface area contributed by atoms with Crippen LogP contribution in [0, 0.1) is 10.1 Å². The van der Waals surface area contributed by atoms with Crippen LogP contribution in [0.4, 0.5) is 5.69 Å². The number of carboxylic acids is 1. The van der Waals surface area contributed by atoms with Gasteiger partial charge in [-0.25, -0.2) is 0 Å². The van der Waals surface area contributed by atoms with Crippen molar-refractivity contribution in [3.63, 3.8) is 0 Å². The van der Waals surface area contributed by atoms with Crippen molar-refractivity contribution in [3.8, 4) is 0 Å². The number of hydrogen-bond acceptors (Lipinski definition) is 5. The highest BCUT2D eigenvalue weighted by Gasteiger charge is 2.17. The van der Waals surface area contributed by atoms with Gasteiger partial charge in [-0.05, 0) is 5.56 Å². The Balaban J connectivity index is 1.78. The van der Waals surface area contributed by atoms with Gasteiger partial charge in [-0.3, -0.25) is 19.8 Å². The van der Waals surface area contributed by atoms with Crippen LogP contribution >= 0.6 is 0 Å². The molecular formula is C14H19N3O4. The molecule has 1 heterocycles. The number of piperazine rings is 1. The molecule has 0 aromatic heterocycles. The third kappa shape index (κ3) is 4.80. The van der Waals surface area contributed by atoms with Gasteiger partial charge in [0.05, 0.1) is 11.3 Å². The topological polar surface area (TPSA) is 86.9 Å². The maximum atomic E-state index is 10.6. The van der Waals surface area contributed by atoms with Crippen molar-refractivity contribution in [2.24, 2.45) is 0 Å². The maximum Gasteiger partial charge on any atom is 0.304 e. The zero-order valence-electron chi connectivity index (χ0n) is 11.8. The summed E-state index contributed by atoms with van der Waals surface area (Å²) in [4.78, 5) is 25.2. The number of nitro groups is 1. The van der Waals surface area contributed by atoms with Crippen LogP contribution in [0.15, 0.2) is 24.3 Å². The fourth-order valence-electron chi connectivity index (χ4n) is 2.41. The van der Waals surface area contributed by atoms with E-state index < -0.39 is 10.9 Å². The van der Waals surface area contributed by atoms with E-state index in [-0.39, 0.29) is 12.1 Å². The normalized spacial score (nSPS) is 16.8. The van der Waals surface area contributed by atoms with E-state index in [1.54, 1.807) is 12.1 Å². The van der Waals surface area contributed by atoms with Gasteiger partial charge in [0.25, 0.3) is 5.69 Å². The van der Waals surface area contributed by atoms with Gasteiger partial charge in [-0.1, -0.05) is 12.1 Å². The molecule has 1 saturated heterocycles. The fourth-order valence-corrected chi connectivity index (χ4v) is 2.41.